The van der Waals surface area contributed by atoms with E-state index in [1.807, 2.05) is 36.5 Å². The van der Waals surface area contributed by atoms with E-state index in [1.165, 1.54) is 0 Å². The van der Waals surface area contributed by atoms with E-state index < -0.39 is 0 Å². The molecule has 1 amide bonds. The van der Waals surface area contributed by atoms with Crippen molar-refractivity contribution >= 4 is 28.3 Å². The van der Waals surface area contributed by atoms with Crippen molar-refractivity contribution < 1.29 is 14.3 Å². The normalized spacial score (nSPS) is 10.8. The highest BCUT2D eigenvalue weighted by molar-refractivity contribution is 5.87. The van der Waals surface area contributed by atoms with Gasteiger partial charge in [0.1, 0.15) is 23.9 Å². The Balaban J connectivity index is 1.57. The highest BCUT2D eigenvalue weighted by Crippen LogP contribution is 2.32. The topological polar surface area (TPSA) is 97.3 Å². The molecule has 9 heteroatoms. The van der Waals surface area contributed by atoms with Crippen molar-refractivity contribution in [3.63, 3.8) is 0 Å². The Morgan fingerprint density at radius 1 is 1.16 bits per heavy atom. The maximum atomic E-state index is 11.9. The Hall–Kier alpha value is -4.01. The molecule has 0 unspecified atom stereocenters. The number of H-pyrrole nitrogens is 1. The first-order valence-electron chi connectivity index (χ1n) is 9.67. The Labute approximate surface area is 179 Å². The minimum Gasteiger partial charge on any atom is -0.497 e. The number of benzene rings is 1. The number of aromatic nitrogens is 4. The fraction of sp³-hybridized carbons (Fsp3) is 0.227. The molecule has 160 valence electrons. The van der Waals surface area contributed by atoms with Crippen molar-refractivity contribution in [3.8, 4) is 22.8 Å². The van der Waals surface area contributed by atoms with Crippen molar-refractivity contribution in [2.24, 2.45) is 0 Å². The molecule has 0 aliphatic heterocycles. The lowest BCUT2D eigenvalue weighted by molar-refractivity contribution is -0.129. The van der Waals surface area contributed by atoms with Crippen LogP contribution in [0.3, 0.4) is 0 Å². The maximum absolute atomic E-state index is 11.9. The van der Waals surface area contributed by atoms with Crippen LogP contribution >= 0.6 is 0 Å². The molecule has 0 aliphatic rings. The number of ether oxygens (including phenoxy) is 2. The van der Waals surface area contributed by atoms with Gasteiger partial charge in [-0.3, -0.25) is 9.48 Å². The van der Waals surface area contributed by atoms with Crippen molar-refractivity contribution in [2.75, 3.05) is 33.6 Å². The average molecular weight is 420 g/mol. The van der Waals surface area contributed by atoms with Gasteiger partial charge in [-0.15, -0.1) is 0 Å². The zero-order chi connectivity index (χ0) is 22.0. The second kappa shape index (κ2) is 8.39. The molecule has 3 aromatic heterocycles. The van der Waals surface area contributed by atoms with Crippen LogP contribution in [0, 0.1) is 0 Å². The van der Waals surface area contributed by atoms with E-state index in [-0.39, 0.29) is 12.5 Å². The maximum Gasteiger partial charge on any atom is 0.243 e. The molecule has 0 fully saturated rings. The van der Waals surface area contributed by atoms with Crippen LogP contribution < -0.4 is 14.8 Å². The first kappa shape index (κ1) is 20.3. The zero-order valence-corrected chi connectivity index (χ0v) is 17.8. The summed E-state index contributed by atoms with van der Waals surface area (Å²) in [7, 11) is 6.68. The number of likely N-dealkylation sites (N-methyl/N-ethyl adjacent to an activating group) is 1. The van der Waals surface area contributed by atoms with Crippen molar-refractivity contribution in [1.82, 2.24) is 24.6 Å². The molecule has 0 saturated carbocycles. The number of pyridine rings is 1. The summed E-state index contributed by atoms with van der Waals surface area (Å²) in [4.78, 5) is 21.3. The second-order valence-electron chi connectivity index (χ2n) is 7.25. The SMILES string of the molecule is COc1ccc(Nc2cc3[nH]c(-c4cnn(CC(=O)N(C)C)c4)cc3cn2)c(OC)c1. The van der Waals surface area contributed by atoms with Crippen molar-refractivity contribution in [2.45, 2.75) is 6.54 Å². The van der Waals surface area contributed by atoms with E-state index in [2.05, 4.69) is 20.4 Å². The Bertz CT molecular complexity index is 1230. The van der Waals surface area contributed by atoms with Gasteiger partial charge in [0.2, 0.25) is 5.91 Å². The highest BCUT2D eigenvalue weighted by atomic mass is 16.5. The number of carbonyl (C=O) groups is 1. The molecular weight excluding hydrogens is 396 g/mol. The second-order valence-corrected chi connectivity index (χ2v) is 7.25. The van der Waals surface area contributed by atoms with E-state index in [0.29, 0.717) is 17.3 Å². The molecule has 0 atom stereocenters. The summed E-state index contributed by atoms with van der Waals surface area (Å²) in [6.07, 6.45) is 5.39. The summed E-state index contributed by atoms with van der Waals surface area (Å²) in [5, 5.41) is 8.54. The molecule has 4 aromatic rings. The summed E-state index contributed by atoms with van der Waals surface area (Å²) in [5.41, 5.74) is 3.51. The number of aromatic amines is 1. The number of anilines is 2. The Morgan fingerprint density at radius 2 is 2.00 bits per heavy atom. The Kier molecular flexibility index (Phi) is 5.48. The van der Waals surface area contributed by atoms with Crippen LogP contribution in [0.1, 0.15) is 0 Å². The number of carbonyl (C=O) groups excluding carboxylic acids is 1. The number of hydrogen-bond acceptors (Lipinski definition) is 6. The van der Waals surface area contributed by atoms with E-state index in [9.17, 15) is 4.79 Å². The lowest BCUT2D eigenvalue weighted by Gasteiger charge is -2.12. The molecule has 0 aliphatic carbocycles. The van der Waals surface area contributed by atoms with Crippen LogP contribution in [0.5, 0.6) is 11.5 Å². The molecule has 1 aromatic carbocycles. The molecule has 31 heavy (non-hydrogen) atoms. The van der Waals surface area contributed by atoms with Crippen LogP contribution in [0.15, 0.2) is 48.9 Å². The smallest absolute Gasteiger partial charge is 0.243 e. The van der Waals surface area contributed by atoms with Crippen LogP contribution in [-0.2, 0) is 11.3 Å². The highest BCUT2D eigenvalue weighted by Gasteiger charge is 2.11. The van der Waals surface area contributed by atoms with Crippen molar-refractivity contribution in [3.05, 3.63) is 48.9 Å². The number of rotatable bonds is 7. The molecule has 2 N–H and O–H groups in total. The summed E-state index contributed by atoms with van der Waals surface area (Å²) >= 11 is 0. The third-order valence-corrected chi connectivity index (χ3v) is 4.92. The lowest BCUT2D eigenvalue weighted by Crippen LogP contribution is -2.26. The zero-order valence-electron chi connectivity index (χ0n) is 17.8. The summed E-state index contributed by atoms with van der Waals surface area (Å²) in [6, 6.07) is 9.49. The molecule has 0 bridgehead atoms. The number of nitrogens with zero attached hydrogens (tertiary/aromatic N) is 4. The number of nitrogens with one attached hydrogen (secondary N) is 2. The number of fused-ring (bicyclic) bond motifs is 1. The van der Waals surface area contributed by atoms with Gasteiger partial charge >= 0.3 is 0 Å². The van der Waals surface area contributed by atoms with Gasteiger partial charge in [0, 0.05) is 55.3 Å². The third-order valence-electron chi connectivity index (χ3n) is 4.92. The van der Waals surface area contributed by atoms with Gasteiger partial charge in [0.25, 0.3) is 0 Å². The number of methoxy groups -OCH3 is 2. The van der Waals surface area contributed by atoms with E-state index in [1.54, 1.807) is 50.3 Å². The van der Waals surface area contributed by atoms with Gasteiger partial charge in [0.15, 0.2) is 0 Å². The molecule has 0 radical (unpaired) electrons. The average Bonchev–Trinajstić information content (AvgIpc) is 3.40. The largest absolute Gasteiger partial charge is 0.497 e. The van der Waals surface area contributed by atoms with E-state index in [4.69, 9.17) is 9.47 Å². The van der Waals surface area contributed by atoms with Gasteiger partial charge in [-0.25, -0.2) is 4.98 Å². The van der Waals surface area contributed by atoms with E-state index >= 15 is 0 Å². The molecular formula is C22H24N6O3. The fourth-order valence-corrected chi connectivity index (χ4v) is 3.16. The fourth-order valence-electron chi connectivity index (χ4n) is 3.16. The minimum atomic E-state index is -0.0137. The van der Waals surface area contributed by atoms with Gasteiger partial charge in [-0.1, -0.05) is 0 Å². The van der Waals surface area contributed by atoms with Gasteiger partial charge < -0.3 is 24.7 Å². The van der Waals surface area contributed by atoms with Gasteiger partial charge in [-0.05, 0) is 18.2 Å². The molecule has 4 rings (SSSR count). The van der Waals surface area contributed by atoms with Crippen LogP contribution in [0.4, 0.5) is 11.5 Å². The third kappa shape index (κ3) is 4.30. The van der Waals surface area contributed by atoms with Crippen molar-refractivity contribution in [1.29, 1.82) is 0 Å². The molecule has 3 heterocycles. The molecule has 0 saturated heterocycles. The summed E-state index contributed by atoms with van der Waals surface area (Å²) in [6.45, 7) is 0.201. The van der Waals surface area contributed by atoms with Crippen LogP contribution in [-0.4, -0.2) is 58.9 Å². The van der Waals surface area contributed by atoms with E-state index in [0.717, 1.165) is 27.8 Å². The quantitative estimate of drug-likeness (QED) is 0.476. The first-order chi connectivity index (χ1) is 15.0. The predicted octanol–water partition coefficient (Wildman–Crippen LogP) is 3.28. The molecule has 0 spiro atoms. The van der Waals surface area contributed by atoms with Gasteiger partial charge in [0.05, 0.1) is 31.6 Å². The summed E-state index contributed by atoms with van der Waals surface area (Å²) in [5.74, 6) is 2.04. The lowest BCUT2D eigenvalue weighted by atomic mass is 10.2. The van der Waals surface area contributed by atoms with Crippen LogP contribution in [0.2, 0.25) is 0 Å². The Morgan fingerprint density at radius 3 is 2.74 bits per heavy atom. The van der Waals surface area contributed by atoms with Gasteiger partial charge in [-0.2, -0.15) is 5.10 Å². The van der Waals surface area contributed by atoms with Crippen LogP contribution in [0.25, 0.3) is 22.2 Å². The predicted molar refractivity (Wildman–Crippen MR) is 119 cm³/mol. The number of hydrogen-bond donors (Lipinski definition) is 2. The molecule has 9 nitrogen and oxygen atoms in total. The standard InChI is InChI=1S/C22H24N6O3/c1-27(2)22(29)13-28-12-15(11-24-28)18-7-14-10-23-21(9-19(14)25-18)26-17-6-5-16(30-3)8-20(17)31-4/h5-12,25H,13H2,1-4H3,(H,23,26). The monoisotopic (exact) mass is 420 g/mol. The minimum absolute atomic E-state index is 0.0137. The summed E-state index contributed by atoms with van der Waals surface area (Å²) < 4.78 is 12.3. The number of amides is 1. The first-order valence-corrected chi connectivity index (χ1v) is 9.67.